The number of hydrogen-bond donors (Lipinski definition) is 2. The molecular formula is C19H17NO5. The molecule has 1 heterocycles. The zero-order valence-corrected chi connectivity index (χ0v) is 13.8. The predicted molar refractivity (Wildman–Crippen MR) is 91.4 cm³/mol. The lowest BCUT2D eigenvalue weighted by atomic mass is 9.96. The van der Waals surface area contributed by atoms with Crippen molar-refractivity contribution >= 4 is 17.4 Å². The predicted octanol–water partition coefficient (Wildman–Crippen LogP) is 2.41. The number of carbonyl (C=O) groups excluding carboxylic acids is 2. The third-order valence-electron chi connectivity index (χ3n) is 4.06. The van der Waals surface area contributed by atoms with Crippen LogP contribution in [0.1, 0.15) is 17.2 Å². The van der Waals surface area contributed by atoms with Crippen LogP contribution in [-0.2, 0) is 9.59 Å². The third kappa shape index (κ3) is 2.94. The highest BCUT2D eigenvalue weighted by Gasteiger charge is 2.39. The maximum Gasteiger partial charge on any atom is 0.293 e. The molecule has 2 aromatic rings. The van der Waals surface area contributed by atoms with Crippen LogP contribution in [0.5, 0.6) is 11.5 Å². The van der Waals surface area contributed by atoms with Gasteiger partial charge >= 0.3 is 0 Å². The van der Waals surface area contributed by atoms with Crippen LogP contribution in [0.3, 0.4) is 0 Å². The van der Waals surface area contributed by atoms with Gasteiger partial charge in [-0.2, -0.15) is 0 Å². The van der Waals surface area contributed by atoms with E-state index in [1.807, 2.05) is 6.07 Å². The van der Waals surface area contributed by atoms with Crippen molar-refractivity contribution in [3.63, 3.8) is 0 Å². The normalized spacial score (nSPS) is 18.7. The molecule has 0 radical (unpaired) electrons. The van der Waals surface area contributed by atoms with E-state index in [2.05, 4.69) is 5.32 Å². The van der Waals surface area contributed by atoms with Gasteiger partial charge in [-0.1, -0.05) is 30.3 Å². The Labute approximate surface area is 144 Å². The van der Waals surface area contributed by atoms with E-state index in [1.165, 1.54) is 14.2 Å². The summed E-state index contributed by atoms with van der Waals surface area (Å²) >= 11 is 0. The second-order valence-corrected chi connectivity index (χ2v) is 5.48. The molecular weight excluding hydrogens is 322 g/mol. The van der Waals surface area contributed by atoms with Gasteiger partial charge in [0, 0.05) is 5.56 Å². The van der Waals surface area contributed by atoms with E-state index in [0.717, 1.165) is 0 Å². The molecule has 25 heavy (non-hydrogen) atoms. The minimum Gasteiger partial charge on any atom is -0.507 e. The third-order valence-corrected chi connectivity index (χ3v) is 4.06. The van der Waals surface area contributed by atoms with Crippen LogP contribution in [0.2, 0.25) is 0 Å². The Kier molecular flexibility index (Phi) is 4.43. The van der Waals surface area contributed by atoms with Gasteiger partial charge in [0.25, 0.3) is 11.7 Å². The summed E-state index contributed by atoms with van der Waals surface area (Å²) in [5.41, 5.74) is 1.09. The lowest BCUT2D eigenvalue weighted by Crippen LogP contribution is -2.21. The average molecular weight is 339 g/mol. The van der Waals surface area contributed by atoms with Gasteiger partial charge in [-0.3, -0.25) is 9.59 Å². The van der Waals surface area contributed by atoms with Crippen molar-refractivity contribution in [3.8, 4) is 11.5 Å². The molecule has 0 spiro atoms. The number of ether oxygens (including phenoxy) is 2. The minimum atomic E-state index is -0.749. The number of ketones is 1. The van der Waals surface area contributed by atoms with E-state index in [-0.39, 0.29) is 11.3 Å². The van der Waals surface area contributed by atoms with Crippen LogP contribution in [0.25, 0.3) is 5.76 Å². The molecule has 128 valence electrons. The van der Waals surface area contributed by atoms with Crippen molar-refractivity contribution in [2.24, 2.45) is 0 Å². The van der Waals surface area contributed by atoms with E-state index in [1.54, 1.807) is 42.5 Å². The summed E-state index contributed by atoms with van der Waals surface area (Å²) in [6.45, 7) is 0. The molecule has 1 amide bonds. The number of Topliss-reactive ketones (excluding diaryl/α,β-unsaturated/α-hetero) is 1. The first-order chi connectivity index (χ1) is 12.1. The maximum absolute atomic E-state index is 12.3. The number of amides is 1. The molecule has 0 aromatic heterocycles. The molecule has 3 rings (SSSR count). The van der Waals surface area contributed by atoms with Crippen LogP contribution in [0.15, 0.2) is 54.1 Å². The van der Waals surface area contributed by atoms with Crippen molar-refractivity contribution < 1.29 is 24.2 Å². The highest BCUT2D eigenvalue weighted by Crippen LogP contribution is 2.35. The van der Waals surface area contributed by atoms with E-state index in [4.69, 9.17) is 9.47 Å². The zero-order valence-electron chi connectivity index (χ0n) is 13.8. The van der Waals surface area contributed by atoms with E-state index >= 15 is 0 Å². The number of nitrogens with one attached hydrogen (secondary N) is 1. The molecule has 2 aromatic carbocycles. The summed E-state index contributed by atoms with van der Waals surface area (Å²) in [6, 6.07) is 13.1. The fraction of sp³-hybridized carbons (Fsp3) is 0.158. The van der Waals surface area contributed by atoms with Gasteiger partial charge in [-0.25, -0.2) is 0 Å². The second kappa shape index (κ2) is 6.68. The molecule has 0 aliphatic carbocycles. The molecule has 1 atom stereocenters. The standard InChI is InChI=1S/C19H17NO5/c1-24-13-9-8-12(10-14(13)25-2)17(21)15-16(20-19(23)18(15)22)11-6-4-3-5-7-11/h3-10,16,21H,1-2H3,(H,20,23)/b17-15+. The second-order valence-electron chi connectivity index (χ2n) is 5.48. The van der Waals surface area contributed by atoms with Gasteiger partial charge in [0.05, 0.1) is 25.8 Å². The van der Waals surface area contributed by atoms with Gasteiger partial charge in [0.2, 0.25) is 0 Å². The van der Waals surface area contributed by atoms with Gasteiger partial charge in [-0.15, -0.1) is 0 Å². The highest BCUT2D eigenvalue weighted by atomic mass is 16.5. The number of hydrogen-bond acceptors (Lipinski definition) is 5. The lowest BCUT2D eigenvalue weighted by molar-refractivity contribution is -0.133. The van der Waals surface area contributed by atoms with Crippen LogP contribution in [-0.4, -0.2) is 31.0 Å². The van der Waals surface area contributed by atoms with Crippen molar-refractivity contribution in [3.05, 3.63) is 65.2 Å². The largest absolute Gasteiger partial charge is 0.507 e. The van der Waals surface area contributed by atoms with Gasteiger partial charge in [0.15, 0.2) is 11.5 Å². The molecule has 1 aliphatic heterocycles. The van der Waals surface area contributed by atoms with Crippen LogP contribution >= 0.6 is 0 Å². The maximum atomic E-state index is 12.3. The number of carbonyl (C=O) groups is 2. The minimum absolute atomic E-state index is 0.0171. The molecule has 1 aliphatic rings. The van der Waals surface area contributed by atoms with E-state index < -0.39 is 17.7 Å². The Hall–Kier alpha value is -3.28. The van der Waals surface area contributed by atoms with Crippen LogP contribution in [0.4, 0.5) is 0 Å². The molecule has 1 saturated heterocycles. The Bertz CT molecular complexity index is 857. The van der Waals surface area contributed by atoms with Crippen molar-refractivity contribution in [1.29, 1.82) is 0 Å². The summed E-state index contributed by atoms with van der Waals surface area (Å²) in [6.07, 6.45) is 0. The van der Waals surface area contributed by atoms with Crippen molar-refractivity contribution in [2.75, 3.05) is 14.2 Å². The first-order valence-corrected chi connectivity index (χ1v) is 7.62. The zero-order chi connectivity index (χ0) is 18.0. The van der Waals surface area contributed by atoms with Gasteiger partial charge in [-0.05, 0) is 23.8 Å². The van der Waals surface area contributed by atoms with Crippen LogP contribution in [0, 0.1) is 0 Å². The fourth-order valence-corrected chi connectivity index (χ4v) is 2.80. The van der Waals surface area contributed by atoms with Crippen molar-refractivity contribution in [1.82, 2.24) is 5.32 Å². The average Bonchev–Trinajstić information content (AvgIpc) is 2.96. The summed E-state index contributed by atoms with van der Waals surface area (Å²) in [5.74, 6) is -0.848. The van der Waals surface area contributed by atoms with Gasteiger partial charge < -0.3 is 19.9 Å². The Morgan fingerprint density at radius 3 is 2.32 bits per heavy atom. The Balaban J connectivity index is 2.12. The summed E-state index contributed by atoms with van der Waals surface area (Å²) in [4.78, 5) is 24.2. The molecule has 0 saturated carbocycles. The molecule has 1 fully saturated rings. The first-order valence-electron chi connectivity index (χ1n) is 7.62. The quantitative estimate of drug-likeness (QED) is 0.508. The topological polar surface area (TPSA) is 84.9 Å². The summed E-state index contributed by atoms with van der Waals surface area (Å²) in [5, 5.41) is 13.3. The molecule has 0 bridgehead atoms. The molecule has 1 unspecified atom stereocenters. The number of benzene rings is 2. The number of aliphatic hydroxyl groups excluding tert-OH is 1. The van der Waals surface area contributed by atoms with Crippen LogP contribution < -0.4 is 14.8 Å². The molecule has 6 heteroatoms. The first kappa shape index (κ1) is 16.6. The molecule has 6 nitrogen and oxygen atoms in total. The monoisotopic (exact) mass is 339 g/mol. The van der Waals surface area contributed by atoms with Crippen molar-refractivity contribution in [2.45, 2.75) is 6.04 Å². The summed E-state index contributed by atoms with van der Waals surface area (Å²) < 4.78 is 10.4. The highest BCUT2D eigenvalue weighted by molar-refractivity contribution is 6.46. The Morgan fingerprint density at radius 2 is 1.68 bits per heavy atom. The van der Waals surface area contributed by atoms with E-state index in [0.29, 0.717) is 22.6 Å². The molecule has 2 N–H and O–H groups in total. The van der Waals surface area contributed by atoms with Gasteiger partial charge in [0.1, 0.15) is 5.76 Å². The summed E-state index contributed by atoms with van der Waals surface area (Å²) in [7, 11) is 2.98. The number of rotatable bonds is 4. The van der Waals surface area contributed by atoms with E-state index in [9.17, 15) is 14.7 Å². The lowest BCUT2D eigenvalue weighted by Gasteiger charge is -2.14. The number of methoxy groups -OCH3 is 2. The SMILES string of the molecule is COc1ccc(/C(O)=C2\C(=O)C(=O)NC2c2ccccc2)cc1OC. The smallest absolute Gasteiger partial charge is 0.293 e. The number of aliphatic hydroxyl groups is 1. The fourth-order valence-electron chi connectivity index (χ4n) is 2.80. The Morgan fingerprint density at radius 1 is 1.00 bits per heavy atom.